The van der Waals surface area contributed by atoms with Crippen LogP contribution in [0, 0.1) is 5.82 Å². The van der Waals surface area contributed by atoms with E-state index in [4.69, 9.17) is 0 Å². The standard InChI is InChI=1S/C50H43FN2Si/c1-50(2)43-32-37(52(35-18-7-6-8-19-35)47-24-14-13-23-45(47)51)28-31-42(43)49-41-22-12-11-21-40(41)48(33-44(49)50)53(36-26-29-38(30-27-36)54(3,4)5)46-25-15-17-34-16-9-10-20-39(34)46/h6-33H,1-5H3. The van der Waals surface area contributed by atoms with Crippen molar-refractivity contribution in [2.24, 2.45) is 0 Å². The van der Waals surface area contributed by atoms with Crippen molar-refractivity contribution in [3.8, 4) is 11.1 Å². The Kier molecular flexibility index (Phi) is 8.06. The Morgan fingerprint density at radius 3 is 1.80 bits per heavy atom. The van der Waals surface area contributed by atoms with Gasteiger partial charge in [0.1, 0.15) is 5.82 Å². The van der Waals surface area contributed by atoms with E-state index < -0.39 is 8.07 Å². The predicted octanol–water partition coefficient (Wildman–Crippen LogP) is 13.9. The lowest BCUT2D eigenvalue weighted by atomic mass is 9.81. The highest BCUT2D eigenvalue weighted by atomic mass is 28.3. The van der Waals surface area contributed by atoms with Gasteiger partial charge in [-0.05, 0) is 93.7 Å². The van der Waals surface area contributed by atoms with Crippen LogP contribution in [0.5, 0.6) is 0 Å². The fraction of sp³-hybridized carbons (Fsp3) is 0.120. The fourth-order valence-electron chi connectivity index (χ4n) is 8.43. The molecular weight excluding hydrogens is 676 g/mol. The molecule has 0 amide bonds. The monoisotopic (exact) mass is 718 g/mol. The summed E-state index contributed by atoms with van der Waals surface area (Å²) in [7, 11) is -1.51. The molecule has 0 atom stereocenters. The second-order valence-electron chi connectivity index (χ2n) is 16.0. The Balaban J connectivity index is 1.27. The summed E-state index contributed by atoms with van der Waals surface area (Å²) in [4.78, 5) is 4.50. The molecule has 0 N–H and O–H groups in total. The van der Waals surface area contributed by atoms with E-state index in [1.807, 2.05) is 47.4 Å². The van der Waals surface area contributed by atoms with Gasteiger partial charge in [0.2, 0.25) is 0 Å². The quantitative estimate of drug-likeness (QED) is 0.151. The maximum Gasteiger partial charge on any atom is 0.147 e. The molecule has 0 saturated heterocycles. The molecular formula is C50H43FN2Si. The van der Waals surface area contributed by atoms with Crippen LogP contribution in [0.3, 0.4) is 0 Å². The van der Waals surface area contributed by atoms with Gasteiger partial charge in [0.15, 0.2) is 0 Å². The zero-order valence-electron chi connectivity index (χ0n) is 31.4. The van der Waals surface area contributed by atoms with E-state index in [9.17, 15) is 0 Å². The number of para-hydroxylation sites is 2. The number of rotatable bonds is 7. The van der Waals surface area contributed by atoms with Crippen LogP contribution in [0.1, 0.15) is 25.0 Å². The molecule has 0 radical (unpaired) electrons. The molecule has 54 heavy (non-hydrogen) atoms. The minimum atomic E-state index is -1.51. The lowest BCUT2D eigenvalue weighted by Gasteiger charge is -2.31. The maximum absolute atomic E-state index is 15.6. The fourth-order valence-corrected chi connectivity index (χ4v) is 9.60. The predicted molar refractivity (Wildman–Crippen MR) is 231 cm³/mol. The summed E-state index contributed by atoms with van der Waals surface area (Å²) in [5.74, 6) is -0.258. The van der Waals surface area contributed by atoms with Crippen LogP contribution in [0.15, 0.2) is 170 Å². The van der Waals surface area contributed by atoms with Gasteiger partial charge in [-0.15, -0.1) is 0 Å². The molecule has 0 fully saturated rings. The Labute approximate surface area is 318 Å². The smallest absolute Gasteiger partial charge is 0.147 e. The number of hydrogen-bond donors (Lipinski definition) is 0. The van der Waals surface area contributed by atoms with Crippen molar-refractivity contribution in [2.45, 2.75) is 38.9 Å². The number of anilines is 6. The molecule has 0 heterocycles. The highest BCUT2D eigenvalue weighted by Crippen LogP contribution is 2.56. The van der Waals surface area contributed by atoms with Crippen LogP contribution in [0.2, 0.25) is 19.6 Å². The number of halogens is 1. The van der Waals surface area contributed by atoms with Crippen LogP contribution < -0.4 is 15.0 Å². The average molecular weight is 719 g/mol. The van der Waals surface area contributed by atoms with Crippen LogP contribution in [-0.4, -0.2) is 8.07 Å². The molecule has 0 aliphatic heterocycles. The van der Waals surface area contributed by atoms with Gasteiger partial charge in [-0.1, -0.05) is 148 Å². The summed E-state index contributed by atoms with van der Waals surface area (Å²) in [6, 6.07) is 59.7. The zero-order chi connectivity index (χ0) is 37.2. The molecule has 0 bridgehead atoms. The number of hydrogen-bond acceptors (Lipinski definition) is 2. The minimum absolute atomic E-state index is 0.258. The molecule has 0 aromatic heterocycles. The first-order valence-electron chi connectivity index (χ1n) is 18.8. The highest BCUT2D eigenvalue weighted by molar-refractivity contribution is 6.88. The average Bonchev–Trinajstić information content (AvgIpc) is 3.41. The first kappa shape index (κ1) is 33.8. The van der Waals surface area contributed by atoms with Gasteiger partial charge in [-0.3, -0.25) is 0 Å². The SMILES string of the molecule is CC1(C)c2cc(N(c3ccccc3)c3ccccc3F)ccc2-c2c1cc(N(c1ccc([Si](C)(C)C)cc1)c1cccc3ccccc13)c1ccccc21. The van der Waals surface area contributed by atoms with Crippen molar-refractivity contribution in [1.29, 1.82) is 0 Å². The molecule has 1 aliphatic rings. The van der Waals surface area contributed by atoms with Gasteiger partial charge in [0.25, 0.3) is 0 Å². The molecule has 4 heteroatoms. The van der Waals surface area contributed by atoms with Gasteiger partial charge >= 0.3 is 0 Å². The van der Waals surface area contributed by atoms with E-state index in [0.29, 0.717) is 5.69 Å². The Morgan fingerprint density at radius 1 is 0.463 bits per heavy atom. The van der Waals surface area contributed by atoms with Gasteiger partial charge in [0.05, 0.1) is 25.1 Å². The third-order valence-corrected chi connectivity index (χ3v) is 13.3. The third-order valence-electron chi connectivity index (χ3n) is 11.2. The molecule has 264 valence electrons. The van der Waals surface area contributed by atoms with Gasteiger partial charge in [0, 0.05) is 33.2 Å². The first-order valence-corrected chi connectivity index (χ1v) is 22.3. The van der Waals surface area contributed by atoms with Crippen molar-refractivity contribution in [3.05, 3.63) is 187 Å². The molecule has 2 nitrogen and oxygen atoms in total. The van der Waals surface area contributed by atoms with E-state index in [2.05, 4.69) is 154 Å². The topological polar surface area (TPSA) is 6.48 Å². The van der Waals surface area contributed by atoms with Gasteiger partial charge in [-0.25, -0.2) is 4.39 Å². The van der Waals surface area contributed by atoms with Crippen molar-refractivity contribution in [3.63, 3.8) is 0 Å². The summed E-state index contributed by atoms with van der Waals surface area (Å²) < 4.78 is 15.6. The van der Waals surface area contributed by atoms with E-state index in [1.165, 1.54) is 55.1 Å². The Bertz CT molecular complexity index is 2690. The second kappa shape index (κ2) is 12.9. The molecule has 9 rings (SSSR count). The lowest BCUT2D eigenvalue weighted by Crippen LogP contribution is -2.37. The molecule has 0 spiro atoms. The largest absolute Gasteiger partial charge is 0.309 e. The summed E-state index contributed by atoms with van der Waals surface area (Å²) in [6.07, 6.45) is 0. The van der Waals surface area contributed by atoms with Crippen LogP contribution in [0.4, 0.5) is 38.5 Å². The van der Waals surface area contributed by atoms with Crippen LogP contribution in [0.25, 0.3) is 32.7 Å². The number of fused-ring (bicyclic) bond motifs is 6. The van der Waals surface area contributed by atoms with E-state index in [1.54, 1.807) is 6.07 Å². The van der Waals surface area contributed by atoms with E-state index in [-0.39, 0.29) is 11.2 Å². The summed E-state index contributed by atoms with van der Waals surface area (Å²) >= 11 is 0. The molecule has 1 aliphatic carbocycles. The summed E-state index contributed by atoms with van der Waals surface area (Å²) in [6.45, 7) is 11.9. The van der Waals surface area contributed by atoms with Crippen LogP contribution in [-0.2, 0) is 5.41 Å². The van der Waals surface area contributed by atoms with Crippen molar-refractivity contribution in [2.75, 3.05) is 9.80 Å². The Morgan fingerprint density at radius 2 is 1.06 bits per heavy atom. The summed E-state index contributed by atoms with van der Waals surface area (Å²) in [5.41, 5.74) is 10.5. The first-order chi connectivity index (χ1) is 26.1. The molecule has 8 aromatic carbocycles. The lowest BCUT2D eigenvalue weighted by molar-refractivity contribution is 0.628. The van der Waals surface area contributed by atoms with Crippen molar-refractivity contribution >= 4 is 68.9 Å². The van der Waals surface area contributed by atoms with E-state index in [0.717, 1.165) is 28.4 Å². The minimum Gasteiger partial charge on any atom is -0.309 e. The molecule has 0 unspecified atom stereocenters. The molecule has 0 saturated carbocycles. The number of nitrogens with zero attached hydrogens (tertiary/aromatic N) is 2. The second-order valence-corrected chi connectivity index (χ2v) is 21.0. The maximum atomic E-state index is 15.6. The zero-order valence-corrected chi connectivity index (χ0v) is 32.4. The normalized spacial score (nSPS) is 13.1. The van der Waals surface area contributed by atoms with Crippen molar-refractivity contribution in [1.82, 2.24) is 0 Å². The van der Waals surface area contributed by atoms with E-state index >= 15 is 4.39 Å². The number of benzene rings is 8. The molecule has 8 aromatic rings. The van der Waals surface area contributed by atoms with Gasteiger partial charge in [-0.2, -0.15) is 0 Å². The Hall–Kier alpha value is -5.97. The summed E-state index contributed by atoms with van der Waals surface area (Å²) in [5, 5.41) is 6.28. The van der Waals surface area contributed by atoms with Crippen LogP contribution >= 0.6 is 0 Å². The third kappa shape index (κ3) is 5.52. The van der Waals surface area contributed by atoms with Crippen molar-refractivity contribution < 1.29 is 4.39 Å². The highest BCUT2D eigenvalue weighted by Gasteiger charge is 2.39. The van der Waals surface area contributed by atoms with Gasteiger partial charge < -0.3 is 9.80 Å².